The molecule has 32 heavy (non-hydrogen) atoms. The summed E-state index contributed by atoms with van der Waals surface area (Å²) in [6.45, 7) is 0.364. The molecular weight excluding hydrogens is 452 g/mol. The Balaban J connectivity index is 1.66. The summed E-state index contributed by atoms with van der Waals surface area (Å²) in [6.07, 6.45) is 0.568. The first-order chi connectivity index (χ1) is 15.3. The maximum absolute atomic E-state index is 12.7. The minimum atomic E-state index is -3.91. The highest BCUT2D eigenvalue weighted by atomic mass is 35.5. The van der Waals surface area contributed by atoms with Gasteiger partial charge in [-0.3, -0.25) is 9.52 Å². The maximum Gasteiger partial charge on any atom is 0.261 e. The molecule has 0 saturated heterocycles. The standard InChI is InChI=1S/C23H23ClN2O5S/c1-30-21-11-10-16(14-22(21)31-2)12-13-25-23(27)17-6-5-7-18(15-17)32(28,29)26-20-9-4-3-8-19(20)24/h3-11,14-15,26H,12-13H2,1-2H3,(H,25,27). The highest BCUT2D eigenvalue weighted by Gasteiger charge is 2.17. The Morgan fingerprint density at radius 1 is 0.938 bits per heavy atom. The summed E-state index contributed by atoms with van der Waals surface area (Å²) in [5.74, 6) is 0.865. The van der Waals surface area contributed by atoms with Crippen LogP contribution in [0.5, 0.6) is 11.5 Å². The molecule has 9 heteroatoms. The zero-order chi connectivity index (χ0) is 23.1. The van der Waals surface area contributed by atoms with Gasteiger partial charge in [0.25, 0.3) is 15.9 Å². The van der Waals surface area contributed by atoms with Crippen LogP contribution in [-0.2, 0) is 16.4 Å². The van der Waals surface area contributed by atoms with E-state index in [0.29, 0.717) is 24.5 Å². The van der Waals surface area contributed by atoms with Gasteiger partial charge < -0.3 is 14.8 Å². The Morgan fingerprint density at radius 3 is 2.41 bits per heavy atom. The monoisotopic (exact) mass is 474 g/mol. The molecule has 0 unspecified atom stereocenters. The van der Waals surface area contributed by atoms with E-state index in [2.05, 4.69) is 10.0 Å². The lowest BCUT2D eigenvalue weighted by atomic mass is 10.1. The molecule has 3 rings (SSSR count). The Labute approximate surface area is 192 Å². The van der Waals surface area contributed by atoms with Gasteiger partial charge in [0.15, 0.2) is 11.5 Å². The largest absolute Gasteiger partial charge is 0.493 e. The lowest BCUT2D eigenvalue weighted by Crippen LogP contribution is -2.26. The third-order valence-corrected chi connectivity index (χ3v) is 6.36. The van der Waals surface area contributed by atoms with Crippen molar-refractivity contribution < 1.29 is 22.7 Å². The average molecular weight is 475 g/mol. The summed E-state index contributed by atoms with van der Waals surface area (Å²) in [7, 11) is -0.784. The van der Waals surface area contributed by atoms with Crippen LogP contribution in [-0.4, -0.2) is 35.1 Å². The third-order valence-electron chi connectivity index (χ3n) is 4.67. The van der Waals surface area contributed by atoms with Crippen molar-refractivity contribution in [1.29, 1.82) is 0 Å². The highest BCUT2D eigenvalue weighted by Crippen LogP contribution is 2.27. The van der Waals surface area contributed by atoms with Gasteiger partial charge >= 0.3 is 0 Å². The van der Waals surface area contributed by atoms with Crippen LogP contribution in [0.15, 0.2) is 71.6 Å². The van der Waals surface area contributed by atoms with Crippen LogP contribution in [0.2, 0.25) is 5.02 Å². The van der Waals surface area contributed by atoms with Gasteiger partial charge in [0.2, 0.25) is 0 Å². The average Bonchev–Trinajstić information content (AvgIpc) is 2.80. The number of amides is 1. The number of benzene rings is 3. The molecule has 0 aliphatic carbocycles. The molecule has 0 aliphatic heterocycles. The lowest BCUT2D eigenvalue weighted by molar-refractivity contribution is 0.0954. The quantitative estimate of drug-likeness (QED) is 0.486. The molecule has 0 bridgehead atoms. The van der Waals surface area contributed by atoms with E-state index in [4.69, 9.17) is 21.1 Å². The molecule has 0 fully saturated rings. The van der Waals surface area contributed by atoms with Crippen molar-refractivity contribution in [3.05, 3.63) is 82.9 Å². The second-order valence-electron chi connectivity index (χ2n) is 6.81. The van der Waals surface area contributed by atoms with Crippen LogP contribution in [0.4, 0.5) is 5.69 Å². The summed E-state index contributed by atoms with van der Waals surface area (Å²) in [6, 6.07) is 17.9. The summed E-state index contributed by atoms with van der Waals surface area (Å²) in [5, 5.41) is 3.08. The topological polar surface area (TPSA) is 93.7 Å². The lowest BCUT2D eigenvalue weighted by Gasteiger charge is -2.11. The zero-order valence-electron chi connectivity index (χ0n) is 17.6. The van der Waals surface area contributed by atoms with Gasteiger partial charge in [-0.1, -0.05) is 35.9 Å². The van der Waals surface area contributed by atoms with E-state index < -0.39 is 10.0 Å². The highest BCUT2D eigenvalue weighted by molar-refractivity contribution is 7.92. The van der Waals surface area contributed by atoms with Gasteiger partial charge in [0, 0.05) is 12.1 Å². The first-order valence-corrected chi connectivity index (χ1v) is 11.6. The number of hydrogen-bond acceptors (Lipinski definition) is 5. The molecule has 3 aromatic carbocycles. The Hall–Kier alpha value is -3.23. The summed E-state index contributed by atoms with van der Waals surface area (Å²) in [5.41, 5.74) is 1.46. The van der Waals surface area contributed by atoms with Crippen LogP contribution in [0.1, 0.15) is 15.9 Å². The predicted molar refractivity (Wildman–Crippen MR) is 124 cm³/mol. The van der Waals surface area contributed by atoms with Crippen molar-refractivity contribution in [3.63, 3.8) is 0 Å². The normalized spacial score (nSPS) is 11.0. The molecule has 3 aromatic rings. The van der Waals surface area contributed by atoms with Crippen LogP contribution < -0.4 is 19.5 Å². The molecule has 1 amide bonds. The molecule has 0 saturated carbocycles. The van der Waals surface area contributed by atoms with Gasteiger partial charge in [-0.05, 0) is 54.4 Å². The fourth-order valence-electron chi connectivity index (χ4n) is 3.01. The van der Waals surface area contributed by atoms with E-state index in [-0.39, 0.29) is 27.1 Å². The summed E-state index contributed by atoms with van der Waals surface area (Å²) < 4.78 is 38.4. The van der Waals surface area contributed by atoms with E-state index in [1.165, 1.54) is 18.2 Å². The van der Waals surface area contributed by atoms with E-state index in [9.17, 15) is 13.2 Å². The van der Waals surface area contributed by atoms with Gasteiger partial charge in [-0.2, -0.15) is 0 Å². The number of ether oxygens (including phenoxy) is 2. The fourth-order valence-corrected chi connectivity index (χ4v) is 4.37. The number of hydrogen-bond donors (Lipinski definition) is 2. The Kier molecular flexibility index (Phi) is 7.61. The van der Waals surface area contributed by atoms with Crippen molar-refractivity contribution >= 4 is 33.2 Å². The maximum atomic E-state index is 12.7. The molecule has 0 aromatic heterocycles. The number of nitrogens with one attached hydrogen (secondary N) is 2. The molecule has 0 atom stereocenters. The van der Waals surface area contributed by atoms with E-state index in [0.717, 1.165) is 5.56 Å². The first-order valence-electron chi connectivity index (χ1n) is 9.70. The number of anilines is 1. The zero-order valence-corrected chi connectivity index (χ0v) is 19.2. The van der Waals surface area contributed by atoms with Gasteiger partial charge in [0.1, 0.15) is 0 Å². The second-order valence-corrected chi connectivity index (χ2v) is 8.90. The van der Waals surface area contributed by atoms with Crippen molar-refractivity contribution in [1.82, 2.24) is 5.32 Å². The van der Waals surface area contributed by atoms with Gasteiger partial charge in [0.05, 0.1) is 29.8 Å². The van der Waals surface area contributed by atoms with E-state index >= 15 is 0 Å². The van der Waals surface area contributed by atoms with E-state index in [1.54, 1.807) is 50.6 Å². The number of carbonyl (C=O) groups excluding carboxylic acids is 1. The number of methoxy groups -OCH3 is 2. The molecule has 2 N–H and O–H groups in total. The fraction of sp³-hybridized carbons (Fsp3) is 0.174. The van der Waals surface area contributed by atoms with Crippen molar-refractivity contribution in [2.75, 3.05) is 25.5 Å². The minimum Gasteiger partial charge on any atom is -0.493 e. The summed E-state index contributed by atoms with van der Waals surface area (Å²) >= 11 is 6.04. The van der Waals surface area contributed by atoms with E-state index in [1.807, 2.05) is 12.1 Å². The molecule has 0 aliphatic rings. The number of para-hydroxylation sites is 1. The smallest absolute Gasteiger partial charge is 0.261 e. The molecule has 0 spiro atoms. The predicted octanol–water partition coefficient (Wildman–Crippen LogP) is 4.13. The van der Waals surface area contributed by atoms with Crippen LogP contribution in [0.25, 0.3) is 0 Å². The third kappa shape index (κ3) is 5.72. The first kappa shape index (κ1) is 23.4. The molecule has 168 valence electrons. The van der Waals surface area contributed by atoms with Gasteiger partial charge in [-0.25, -0.2) is 8.42 Å². The van der Waals surface area contributed by atoms with Crippen LogP contribution in [0.3, 0.4) is 0 Å². The SMILES string of the molecule is COc1ccc(CCNC(=O)c2cccc(S(=O)(=O)Nc3ccccc3Cl)c2)cc1OC. The number of halogens is 1. The number of rotatable bonds is 9. The Bertz CT molecular complexity index is 1210. The molecular formula is C23H23ClN2O5S. The Morgan fingerprint density at radius 2 is 1.69 bits per heavy atom. The van der Waals surface area contributed by atoms with Crippen molar-refractivity contribution in [2.24, 2.45) is 0 Å². The van der Waals surface area contributed by atoms with Crippen LogP contribution in [0, 0.1) is 0 Å². The number of sulfonamides is 1. The minimum absolute atomic E-state index is 0.0371. The molecule has 0 radical (unpaired) electrons. The van der Waals surface area contributed by atoms with Crippen LogP contribution >= 0.6 is 11.6 Å². The molecule has 7 nitrogen and oxygen atoms in total. The second kappa shape index (κ2) is 10.4. The number of carbonyl (C=O) groups is 1. The summed E-state index contributed by atoms with van der Waals surface area (Å²) in [4.78, 5) is 12.5. The van der Waals surface area contributed by atoms with Crippen molar-refractivity contribution in [3.8, 4) is 11.5 Å². The molecule has 0 heterocycles. The van der Waals surface area contributed by atoms with Crippen molar-refractivity contribution in [2.45, 2.75) is 11.3 Å². The van der Waals surface area contributed by atoms with Gasteiger partial charge in [-0.15, -0.1) is 0 Å².